The van der Waals surface area contributed by atoms with Gasteiger partial charge in [-0.2, -0.15) is 0 Å². The number of hydrogen-bond acceptors (Lipinski definition) is 5. The van der Waals surface area contributed by atoms with Crippen LogP contribution in [-0.2, 0) is 0 Å². The molecular weight excluding hydrogens is 380 g/mol. The first-order valence-corrected chi connectivity index (χ1v) is 11.8. The van der Waals surface area contributed by atoms with Crippen molar-refractivity contribution in [3.8, 4) is 11.5 Å². The van der Waals surface area contributed by atoms with E-state index in [9.17, 15) is 0 Å². The summed E-state index contributed by atoms with van der Waals surface area (Å²) >= 11 is 1.83. The second-order valence-electron chi connectivity index (χ2n) is 8.21. The van der Waals surface area contributed by atoms with Crippen molar-refractivity contribution in [1.29, 1.82) is 0 Å². The summed E-state index contributed by atoms with van der Waals surface area (Å²) in [5.41, 5.74) is 0. The lowest BCUT2D eigenvalue weighted by molar-refractivity contribution is 0.238. The molecule has 4 nitrogen and oxygen atoms in total. The lowest BCUT2D eigenvalue weighted by Crippen LogP contribution is -2.25. The molecule has 2 aliphatic heterocycles. The quantitative estimate of drug-likeness (QED) is 0.521. The van der Waals surface area contributed by atoms with Gasteiger partial charge in [0.25, 0.3) is 0 Å². The van der Waals surface area contributed by atoms with Crippen molar-refractivity contribution in [2.75, 3.05) is 52.5 Å². The predicted molar refractivity (Wildman–Crippen MR) is 122 cm³/mol. The van der Waals surface area contributed by atoms with E-state index in [1.807, 2.05) is 11.3 Å². The fourth-order valence-corrected chi connectivity index (χ4v) is 5.63. The van der Waals surface area contributed by atoms with Crippen LogP contribution in [0.3, 0.4) is 0 Å². The average molecular weight is 411 g/mol. The first kappa shape index (κ1) is 19.2. The Morgan fingerprint density at radius 1 is 0.655 bits per heavy atom. The fourth-order valence-electron chi connectivity index (χ4n) is 4.51. The zero-order valence-corrected chi connectivity index (χ0v) is 17.9. The monoisotopic (exact) mass is 410 g/mol. The maximum Gasteiger partial charge on any atom is 0.120 e. The molecule has 2 aromatic carbocycles. The number of hydrogen-bond donors (Lipinski definition) is 0. The Morgan fingerprint density at radius 3 is 1.90 bits per heavy atom. The van der Waals surface area contributed by atoms with Gasteiger partial charge in [-0.25, -0.2) is 0 Å². The van der Waals surface area contributed by atoms with E-state index in [0.29, 0.717) is 0 Å². The van der Waals surface area contributed by atoms with Crippen LogP contribution < -0.4 is 9.47 Å². The average Bonchev–Trinajstić information content (AvgIpc) is 3.49. The van der Waals surface area contributed by atoms with Crippen molar-refractivity contribution in [1.82, 2.24) is 9.80 Å². The van der Waals surface area contributed by atoms with Crippen LogP contribution >= 0.6 is 11.3 Å². The lowest BCUT2D eigenvalue weighted by atomic mass is 10.1. The molecule has 0 spiro atoms. The maximum absolute atomic E-state index is 6.05. The van der Waals surface area contributed by atoms with Gasteiger partial charge in [0, 0.05) is 33.3 Å². The number of nitrogens with zero attached hydrogens (tertiary/aromatic N) is 2. The van der Waals surface area contributed by atoms with Crippen LogP contribution in [0.25, 0.3) is 20.2 Å². The third-order valence-electron chi connectivity index (χ3n) is 6.16. The molecule has 5 rings (SSSR count). The molecule has 3 heterocycles. The van der Waals surface area contributed by atoms with Crippen molar-refractivity contribution >= 4 is 31.5 Å². The van der Waals surface area contributed by atoms with Gasteiger partial charge in [0.15, 0.2) is 0 Å². The van der Waals surface area contributed by atoms with Crippen LogP contribution in [0.15, 0.2) is 36.4 Å². The van der Waals surface area contributed by atoms with Crippen molar-refractivity contribution in [3.05, 3.63) is 36.4 Å². The Morgan fingerprint density at radius 2 is 1.24 bits per heavy atom. The third-order valence-corrected chi connectivity index (χ3v) is 7.30. The van der Waals surface area contributed by atoms with Gasteiger partial charge in [0.1, 0.15) is 24.7 Å². The normalized spacial score (nSPS) is 18.2. The number of ether oxygens (including phenoxy) is 2. The number of rotatable bonds is 8. The van der Waals surface area contributed by atoms with E-state index in [0.717, 1.165) is 37.8 Å². The van der Waals surface area contributed by atoms with Crippen LogP contribution in [0.4, 0.5) is 0 Å². The molecule has 2 fully saturated rings. The summed E-state index contributed by atoms with van der Waals surface area (Å²) in [6, 6.07) is 13.0. The molecular formula is C24H30N2O2S. The van der Waals surface area contributed by atoms with Gasteiger partial charge in [-0.3, -0.25) is 9.80 Å². The fraction of sp³-hybridized carbons (Fsp3) is 0.500. The topological polar surface area (TPSA) is 24.9 Å². The van der Waals surface area contributed by atoms with Crippen LogP contribution in [0.2, 0.25) is 0 Å². The lowest BCUT2D eigenvalue weighted by Gasteiger charge is -2.15. The molecule has 0 amide bonds. The standard InChI is InChI=1S/C24H30N2O2S/c1-2-10-25(9-1)13-15-27-19-6-8-23-22(17-19)21-7-5-20(18-24(21)29-23)28-16-14-26-11-3-4-12-26/h5-8,17-18H,1-4,9-16H2. The summed E-state index contributed by atoms with van der Waals surface area (Å²) in [6.07, 6.45) is 5.32. The minimum absolute atomic E-state index is 0.766. The number of fused-ring (bicyclic) bond motifs is 3. The molecule has 2 aliphatic rings. The van der Waals surface area contributed by atoms with Crippen LogP contribution in [0.5, 0.6) is 11.5 Å². The summed E-state index contributed by atoms with van der Waals surface area (Å²) in [4.78, 5) is 4.98. The van der Waals surface area contributed by atoms with E-state index < -0.39 is 0 Å². The molecule has 0 aliphatic carbocycles. The van der Waals surface area contributed by atoms with E-state index in [1.54, 1.807) is 0 Å². The molecule has 0 N–H and O–H groups in total. The van der Waals surface area contributed by atoms with Crippen molar-refractivity contribution in [2.24, 2.45) is 0 Å². The van der Waals surface area contributed by atoms with Gasteiger partial charge in [-0.05, 0) is 88.3 Å². The van der Waals surface area contributed by atoms with Crippen molar-refractivity contribution < 1.29 is 9.47 Å². The number of likely N-dealkylation sites (tertiary alicyclic amines) is 2. The highest BCUT2D eigenvalue weighted by Crippen LogP contribution is 2.37. The highest BCUT2D eigenvalue weighted by Gasteiger charge is 2.13. The number of benzene rings is 2. The van der Waals surface area contributed by atoms with Crippen molar-refractivity contribution in [3.63, 3.8) is 0 Å². The molecule has 29 heavy (non-hydrogen) atoms. The van der Waals surface area contributed by atoms with E-state index in [4.69, 9.17) is 9.47 Å². The molecule has 3 aromatic rings. The van der Waals surface area contributed by atoms with E-state index >= 15 is 0 Å². The molecule has 0 unspecified atom stereocenters. The highest BCUT2D eigenvalue weighted by atomic mass is 32.1. The zero-order chi connectivity index (χ0) is 19.5. The van der Waals surface area contributed by atoms with Gasteiger partial charge in [-0.1, -0.05) is 0 Å². The largest absolute Gasteiger partial charge is 0.492 e. The third kappa shape index (κ3) is 4.52. The Kier molecular flexibility index (Phi) is 5.88. The van der Waals surface area contributed by atoms with E-state index in [-0.39, 0.29) is 0 Å². The van der Waals surface area contributed by atoms with Gasteiger partial charge < -0.3 is 9.47 Å². The molecule has 1 aromatic heterocycles. The zero-order valence-electron chi connectivity index (χ0n) is 17.1. The van der Waals surface area contributed by atoms with Gasteiger partial charge in [0.05, 0.1) is 0 Å². The Bertz CT molecular complexity index is 958. The van der Waals surface area contributed by atoms with E-state index in [2.05, 4.69) is 46.2 Å². The van der Waals surface area contributed by atoms with Crippen LogP contribution in [-0.4, -0.2) is 62.3 Å². The molecule has 154 valence electrons. The summed E-state index contributed by atoms with van der Waals surface area (Å²) in [5.74, 6) is 1.95. The second-order valence-corrected chi connectivity index (χ2v) is 9.30. The molecule has 0 bridgehead atoms. The van der Waals surface area contributed by atoms with Gasteiger partial charge >= 0.3 is 0 Å². The summed E-state index contributed by atoms with van der Waals surface area (Å²) in [7, 11) is 0. The summed E-state index contributed by atoms with van der Waals surface area (Å²) < 4.78 is 14.7. The van der Waals surface area contributed by atoms with Gasteiger partial charge in [0.2, 0.25) is 0 Å². The smallest absolute Gasteiger partial charge is 0.120 e. The Hall–Kier alpha value is -1.82. The summed E-state index contributed by atoms with van der Waals surface area (Å²) in [5, 5.41) is 2.58. The Balaban J connectivity index is 1.24. The first-order chi connectivity index (χ1) is 14.3. The van der Waals surface area contributed by atoms with Crippen LogP contribution in [0, 0.1) is 0 Å². The predicted octanol–water partition coefficient (Wildman–Crippen LogP) is 5.00. The highest BCUT2D eigenvalue weighted by molar-refractivity contribution is 7.25. The first-order valence-electron chi connectivity index (χ1n) is 11.0. The molecule has 0 atom stereocenters. The van der Waals surface area contributed by atoms with E-state index in [1.165, 1.54) is 72.0 Å². The van der Waals surface area contributed by atoms with Crippen LogP contribution in [0.1, 0.15) is 25.7 Å². The van der Waals surface area contributed by atoms with Crippen molar-refractivity contribution in [2.45, 2.75) is 25.7 Å². The van der Waals surface area contributed by atoms with Gasteiger partial charge in [-0.15, -0.1) is 11.3 Å². The second kappa shape index (κ2) is 8.90. The maximum atomic E-state index is 6.05. The summed E-state index contributed by atoms with van der Waals surface area (Å²) in [6.45, 7) is 8.49. The molecule has 2 saturated heterocycles. The Labute approximate surface area is 177 Å². The SMILES string of the molecule is c1cc2c(cc1OCCN1CCCC1)sc1ccc(OCCN3CCCC3)cc12. The number of thiophene rings is 1. The minimum Gasteiger partial charge on any atom is -0.492 e. The minimum atomic E-state index is 0.766. The molecule has 0 radical (unpaired) electrons. The molecule has 5 heteroatoms. The molecule has 0 saturated carbocycles.